The molecular formula is C28H29Cl2NO5S. The van der Waals surface area contributed by atoms with Gasteiger partial charge in [0.25, 0.3) is 0 Å². The summed E-state index contributed by atoms with van der Waals surface area (Å²) in [6, 6.07) is 8.98. The van der Waals surface area contributed by atoms with Crippen molar-refractivity contribution in [2.24, 2.45) is 5.92 Å². The summed E-state index contributed by atoms with van der Waals surface area (Å²) in [4.78, 5) is 41.8. The molecule has 1 aromatic heterocycles. The van der Waals surface area contributed by atoms with Gasteiger partial charge in [0.2, 0.25) is 0 Å². The first-order chi connectivity index (χ1) is 17.8. The Morgan fingerprint density at radius 2 is 1.84 bits per heavy atom. The van der Waals surface area contributed by atoms with E-state index in [1.807, 2.05) is 24.4 Å². The van der Waals surface area contributed by atoms with E-state index in [-0.39, 0.29) is 29.9 Å². The van der Waals surface area contributed by atoms with E-state index in [0.717, 1.165) is 11.3 Å². The third-order valence-electron chi connectivity index (χ3n) is 6.64. The zero-order chi connectivity index (χ0) is 26.7. The summed E-state index contributed by atoms with van der Waals surface area (Å²) in [6.07, 6.45) is 1.74. The van der Waals surface area contributed by atoms with Gasteiger partial charge in [0.15, 0.2) is 5.78 Å². The molecule has 9 heteroatoms. The van der Waals surface area contributed by atoms with Crippen LogP contribution in [0.2, 0.25) is 10.0 Å². The summed E-state index contributed by atoms with van der Waals surface area (Å²) >= 11 is 14.6. The summed E-state index contributed by atoms with van der Waals surface area (Å²) in [7, 11) is 0. The highest BCUT2D eigenvalue weighted by Crippen LogP contribution is 2.50. The number of ketones is 1. The molecule has 0 fully saturated rings. The van der Waals surface area contributed by atoms with Crippen LogP contribution >= 0.6 is 34.5 Å². The second-order valence-electron chi connectivity index (χ2n) is 8.88. The van der Waals surface area contributed by atoms with Crippen LogP contribution in [-0.2, 0) is 23.9 Å². The average Bonchev–Trinajstić information content (AvgIpc) is 3.40. The zero-order valence-electron chi connectivity index (χ0n) is 20.9. The van der Waals surface area contributed by atoms with Crippen molar-refractivity contribution in [2.75, 3.05) is 13.2 Å². The molecule has 0 saturated carbocycles. The van der Waals surface area contributed by atoms with E-state index in [9.17, 15) is 14.4 Å². The number of carbonyl (C=O) groups is 3. The lowest BCUT2D eigenvalue weighted by molar-refractivity contribution is -0.152. The Bertz CT molecular complexity index is 1270. The van der Waals surface area contributed by atoms with E-state index in [1.54, 1.807) is 32.0 Å². The third kappa shape index (κ3) is 5.22. The summed E-state index contributed by atoms with van der Waals surface area (Å²) in [5.41, 5.74) is 2.54. The zero-order valence-corrected chi connectivity index (χ0v) is 23.3. The lowest BCUT2D eigenvalue weighted by Gasteiger charge is -2.39. The van der Waals surface area contributed by atoms with Gasteiger partial charge in [0.1, 0.15) is 5.92 Å². The van der Waals surface area contributed by atoms with Gasteiger partial charge in [-0.15, -0.1) is 11.3 Å². The maximum atomic E-state index is 14.3. The largest absolute Gasteiger partial charge is 0.465 e. The molecule has 0 spiro atoms. The first-order valence-electron chi connectivity index (χ1n) is 12.4. The predicted molar refractivity (Wildman–Crippen MR) is 145 cm³/mol. The first-order valence-corrected chi connectivity index (χ1v) is 14.1. The van der Waals surface area contributed by atoms with Gasteiger partial charge < -0.3 is 14.8 Å². The molecule has 1 aliphatic carbocycles. The summed E-state index contributed by atoms with van der Waals surface area (Å²) < 4.78 is 10.8. The van der Waals surface area contributed by atoms with Crippen LogP contribution in [0.1, 0.15) is 62.3 Å². The molecule has 0 unspecified atom stereocenters. The number of nitrogens with one attached hydrogen (secondary N) is 1. The molecule has 1 aromatic carbocycles. The minimum Gasteiger partial charge on any atom is -0.465 e. The van der Waals surface area contributed by atoms with Gasteiger partial charge in [0.05, 0.1) is 28.8 Å². The Morgan fingerprint density at radius 3 is 2.49 bits per heavy atom. The highest BCUT2D eigenvalue weighted by atomic mass is 35.5. The highest BCUT2D eigenvalue weighted by molar-refractivity contribution is 7.10. The Labute approximate surface area is 230 Å². The standard InChI is InChI=1S/C28H29Cl2NO5S/c1-4-9-18-24(28(34)36-6-3)21(15-10-7-11-17(29)25(15)30)23-19(31-18)14-16(20-12-8-13-37-20)22(26(23)32)27(33)35-5-2/h7-8,10-13,16,21-22,31H,4-6,9,14H2,1-3H3/t16-,21+,22+/m1/s1. The number of allylic oxidation sites excluding steroid dienone is 3. The van der Waals surface area contributed by atoms with Crippen molar-refractivity contribution < 1.29 is 23.9 Å². The number of hydrogen-bond acceptors (Lipinski definition) is 7. The van der Waals surface area contributed by atoms with Gasteiger partial charge >= 0.3 is 11.9 Å². The third-order valence-corrected chi connectivity index (χ3v) is 8.48. The fourth-order valence-electron chi connectivity index (χ4n) is 5.17. The van der Waals surface area contributed by atoms with E-state index in [1.165, 1.54) is 11.3 Å². The molecule has 37 heavy (non-hydrogen) atoms. The van der Waals surface area contributed by atoms with Gasteiger partial charge in [-0.1, -0.05) is 54.7 Å². The van der Waals surface area contributed by atoms with Crippen molar-refractivity contribution in [1.82, 2.24) is 5.32 Å². The molecule has 1 aliphatic heterocycles. The summed E-state index contributed by atoms with van der Waals surface area (Å²) in [5, 5.41) is 5.89. The lowest BCUT2D eigenvalue weighted by Crippen LogP contribution is -2.43. The fraction of sp³-hybridized carbons (Fsp3) is 0.393. The number of halogens is 2. The number of carbonyl (C=O) groups excluding carboxylic acids is 3. The van der Waals surface area contributed by atoms with Crippen molar-refractivity contribution in [1.29, 1.82) is 0 Å². The van der Waals surface area contributed by atoms with Gasteiger partial charge in [-0.3, -0.25) is 9.59 Å². The normalized spacial score (nSPS) is 21.4. The van der Waals surface area contributed by atoms with Gasteiger partial charge in [-0.2, -0.15) is 0 Å². The van der Waals surface area contributed by atoms with Crippen LogP contribution in [0.15, 0.2) is 58.3 Å². The van der Waals surface area contributed by atoms with Gasteiger partial charge in [-0.05, 0) is 49.8 Å². The molecule has 2 heterocycles. The molecule has 0 radical (unpaired) electrons. The maximum Gasteiger partial charge on any atom is 0.336 e. The molecule has 2 aliphatic rings. The second kappa shape index (κ2) is 11.8. The number of hydrogen-bond donors (Lipinski definition) is 1. The van der Waals surface area contributed by atoms with Crippen molar-refractivity contribution in [2.45, 2.75) is 51.9 Å². The summed E-state index contributed by atoms with van der Waals surface area (Å²) in [6.45, 7) is 5.78. The van der Waals surface area contributed by atoms with Crippen molar-refractivity contribution in [3.63, 3.8) is 0 Å². The Hall–Kier alpha value is -2.61. The first kappa shape index (κ1) is 27.4. The number of thiophene rings is 1. The number of rotatable bonds is 8. The van der Waals surface area contributed by atoms with Crippen LogP contribution < -0.4 is 5.32 Å². The van der Waals surface area contributed by atoms with E-state index in [0.29, 0.717) is 46.0 Å². The molecule has 196 valence electrons. The van der Waals surface area contributed by atoms with E-state index in [4.69, 9.17) is 32.7 Å². The topological polar surface area (TPSA) is 81.7 Å². The second-order valence-corrected chi connectivity index (χ2v) is 10.6. The van der Waals surface area contributed by atoms with Crippen molar-refractivity contribution >= 4 is 52.3 Å². The Morgan fingerprint density at radius 1 is 1.08 bits per heavy atom. The molecule has 0 bridgehead atoms. The monoisotopic (exact) mass is 561 g/mol. The molecule has 2 aromatic rings. The number of dihydropyridines is 1. The molecule has 3 atom stereocenters. The van der Waals surface area contributed by atoms with E-state index >= 15 is 0 Å². The van der Waals surface area contributed by atoms with E-state index < -0.39 is 23.8 Å². The van der Waals surface area contributed by atoms with Crippen LogP contribution in [-0.4, -0.2) is 30.9 Å². The predicted octanol–water partition coefficient (Wildman–Crippen LogP) is 6.55. The minimum atomic E-state index is -1.05. The quantitative estimate of drug-likeness (QED) is 0.290. The van der Waals surface area contributed by atoms with Crippen LogP contribution in [0.5, 0.6) is 0 Å². The SMILES string of the molecule is CCCC1=C(C(=O)OCC)[C@@H](c2cccc(Cl)c2Cl)C2=C(C[C@H](c3cccs3)[C@H](C(=O)OCC)C2=O)N1. The molecular weight excluding hydrogens is 533 g/mol. The lowest BCUT2D eigenvalue weighted by atomic mass is 9.68. The van der Waals surface area contributed by atoms with Crippen LogP contribution in [0.25, 0.3) is 0 Å². The van der Waals surface area contributed by atoms with E-state index in [2.05, 4.69) is 5.32 Å². The van der Waals surface area contributed by atoms with Crippen molar-refractivity contribution in [3.05, 3.63) is 78.7 Å². The fourth-order valence-corrected chi connectivity index (χ4v) is 6.45. The Kier molecular flexibility index (Phi) is 8.78. The molecule has 1 N–H and O–H groups in total. The molecule has 6 nitrogen and oxygen atoms in total. The number of benzene rings is 1. The number of Topliss-reactive ketones (excluding diaryl/α,β-unsaturated/α-hetero) is 1. The average molecular weight is 563 g/mol. The maximum absolute atomic E-state index is 14.3. The summed E-state index contributed by atoms with van der Waals surface area (Å²) in [5.74, 6) is -3.77. The minimum absolute atomic E-state index is 0.155. The van der Waals surface area contributed by atoms with Crippen molar-refractivity contribution in [3.8, 4) is 0 Å². The Balaban J connectivity index is 1.96. The van der Waals surface area contributed by atoms with Crippen LogP contribution in [0.3, 0.4) is 0 Å². The van der Waals surface area contributed by atoms with Gasteiger partial charge in [0, 0.05) is 33.7 Å². The molecule has 4 rings (SSSR count). The van der Waals surface area contributed by atoms with Crippen LogP contribution in [0, 0.1) is 5.92 Å². The van der Waals surface area contributed by atoms with Crippen LogP contribution in [0.4, 0.5) is 0 Å². The number of ether oxygens (including phenoxy) is 2. The molecule has 0 saturated heterocycles. The highest BCUT2D eigenvalue weighted by Gasteiger charge is 2.50. The number of esters is 2. The smallest absolute Gasteiger partial charge is 0.336 e. The van der Waals surface area contributed by atoms with Gasteiger partial charge in [-0.25, -0.2) is 4.79 Å². The molecule has 0 amide bonds.